The van der Waals surface area contributed by atoms with Crippen LogP contribution >= 0.6 is 27.5 Å². The van der Waals surface area contributed by atoms with Crippen molar-refractivity contribution in [1.29, 1.82) is 0 Å². The number of rotatable bonds is 5. The molecule has 4 nitrogen and oxygen atoms in total. The van der Waals surface area contributed by atoms with Gasteiger partial charge in [-0.2, -0.15) is 0 Å². The minimum atomic E-state index is -0.105. The zero-order valence-electron chi connectivity index (χ0n) is 10.3. The fraction of sp³-hybridized carbons (Fsp3) is 0.231. The molecule has 0 aliphatic heterocycles. The number of benzene rings is 1. The predicted molar refractivity (Wildman–Crippen MR) is 78.2 cm³/mol. The maximum absolute atomic E-state index is 5.97. The first-order valence-corrected chi connectivity index (χ1v) is 6.84. The van der Waals surface area contributed by atoms with Crippen molar-refractivity contribution in [2.24, 2.45) is 5.84 Å². The van der Waals surface area contributed by atoms with Crippen LogP contribution in [0, 0.1) is 0 Å². The van der Waals surface area contributed by atoms with Crippen molar-refractivity contribution < 1.29 is 9.15 Å². The zero-order chi connectivity index (χ0) is 13.8. The third-order valence-corrected chi connectivity index (χ3v) is 3.81. The molecule has 2 rings (SSSR count). The minimum Gasteiger partial charge on any atom is -0.496 e. The number of methoxy groups -OCH3 is 1. The second-order valence-corrected chi connectivity index (χ2v) is 5.24. The summed E-state index contributed by atoms with van der Waals surface area (Å²) >= 11 is 9.43. The van der Waals surface area contributed by atoms with E-state index in [0.29, 0.717) is 11.6 Å². The van der Waals surface area contributed by atoms with Gasteiger partial charge in [0.2, 0.25) is 0 Å². The summed E-state index contributed by atoms with van der Waals surface area (Å²) in [5.74, 6) is 6.38. The highest BCUT2D eigenvalue weighted by atomic mass is 79.9. The van der Waals surface area contributed by atoms with Gasteiger partial charge in [-0.25, -0.2) is 0 Å². The van der Waals surface area contributed by atoms with Gasteiger partial charge in [-0.15, -0.1) is 0 Å². The van der Waals surface area contributed by atoms with Crippen molar-refractivity contribution in [3.8, 4) is 5.75 Å². The predicted octanol–water partition coefficient (Wildman–Crippen LogP) is 3.45. The standard InChI is InChI=1S/C13H14BrClN2O2/c1-18-12-3-2-8(6-10(12)14)7-11(17-16)9-4-5-19-13(9)15/h2-6,11,17H,7,16H2,1H3. The van der Waals surface area contributed by atoms with E-state index in [1.54, 1.807) is 13.4 Å². The van der Waals surface area contributed by atoms with Crippen LogP contribution in [0.15, 0.2) is 39.4 Å². The van der Waals surface area contributed by atoms with Gasteiger partial charge in [0, 0.05) is 5.56 Å². The maximum atomic E-state index is 5.97. The van der Waals surface area contributed by atoms with E-state index in [9.17, 15) is 0 Å². The first-order valence-electron chi connectivity index (χ1n) is 5.67. The summed E-state index contributed by atoms with van der Waals surface area (Å²) in [5, 5.41) is 0.357. The molecule has 102 valence electrons. The lowest BCUT2D eigenvalue weighted by Gasteiger charge is -2.15. The Bertz CT molecular complexity index is 559. The number of hydrazine groups is 1. The number of nitrogens with two attached hydrogens (primary N) is 1. The van der Waals surface area contributed by atoms with Crippen LogP contribution in [0.4, 0.5) is 0 Å². The number of ether oxygens (including phenoxy) is 1. The van der Waals surface area contributed by atoms with Crippen LogP contribution in [0.25, 0.3) is 0 Å². The first-order chi connectivity index (χ1) is 9.15. The summed E-state index contributed by atoms with van der Waals surface area (Å²) < 4.78 is 11.2. The van der Waals surface area contributed by atoms with Gasteiger partial charge in [0.1, 0.15) is 5.75 Å². The van der Waals surface area contributed by atoms with Crippen molar-refractivity contribution in [2.75, 3.05) is 7.11 Å². The molecule has 1 aromatic carbocycles. The summed E-state index contributed by atoms with van der Waals surface area (Å²) in [6.07, 6.45) is 2.24. The maximum Gasteiger partial charge on any atom is 0.197 e. The van der Waals surface area contributed by atoms with Gasteiger partial charge < -0.3 is 9.15 Å². The number of furan rings is 1. The van der Waals surface area contributed by atoms with E-state index in [2.05, 4.69) is 21.4 Å². The molecule has 6 heteroatoms. The molecule has 2 aromatic rings. The van der Waals surface area contributed by atoms with Crippen LogP contribution in [0.3, 0.4) is 0 Å². The Morgan fingerprint density at radius 1 is 1.47 bits per heavy atom. The molecular weight excluding hydrogens is 332 g/mol. The van der Waals surface area contributed by atoms with Gasteiger partial charge in [0.05, 0.1) is 23.9 Å². The van der Waals surface area contributed by atoms with Crippen molar-refractivity contribution in [1.82, 2.24) is 5.43 Å². The molecule has 0 spiro atoms. The van der Waals surface area contributed by atoms with E-state index in [0.717, 1.165) is 21.3 Å². The van der Waals surface area contributed by atoms with E-state index in [-0.39, 0.29) is 6.04 Å². The second kappa shape index (κ2) is 6.43. The second-order valence-electron chi connectivity index (χ2n) is 4.04. The smallest absolute Gasteiger partial charge is 0.197 e. The molecule has 0 saturated carbocycles. The molecule has 3 N–H and O–H groups in total. The van der Waals surface area contributed by atoms with E-state index in [1.807, 2.05) is 24.3 Å². The molecule has 0 fully saturated rings. The molecule has 0 saturated heterocycles. The summed E-state index contributed by atoms with van der Waals surface area (Å²) in [5.41, 5.74) is 4.70. The minimum absolute atomic E-state index is 0.105. The number of hydrogen-bond acceptors (Lipinski definition) is 4. The van der Waals surface area contributed by atoms with E-state index in [4.69, 9.17) is 26.6 Å². The van der Waals surface area contributed by atoms with Crippen LogP contribution < -0.4 is 16.0 Å². The molecule has 1 unspecified atom stereocenters. The summed E-state index contributed by atoms with van der Waals surface area (Å²) in [7, 11) is 1.63. The molecule has 0 amide bonds. The zero-order valence-corrected chi connectivity index (χ0v) is 12.7. The molecule has 1 aromatic heterocycles. The Kier molecular flexibility index (Phi) is 4.87. The van der Waals surface area contributed by atoms with Crippen molar-refractivity contribution >= 4 is 27.5 Å². The SMILES string of the molecule is COc1ccc(CC(NN)c2ccoc2Cl)cc1Br. The Morgan fingerprint density at radius 3 is 2.79 bits per heavy atom. The Hall–Kier alpha value is -1.01. The fourth-order valence-corrected chi connectivity index (χ4v) is 2.72. The largest absolute Gasteiger partial charge is 0.496 e. The highest BCUT2D eigenvalue weighted by Crippen LogP contribution is 2.30. The molecule has 1 atom stereocenters. The molecule has 1 heterocycles. The highest BCUT2D eigenvalue weighted by Gasteiger charge is 2.16. The van der Waals surface area contributed by atoms with E-state index >= 15 is 0 Å². The van der Waals surface area contributed by atoms with Crippen LogP contribution in [-0.4, -0.2) is 7.11 Å². The molecule has 0 bridgehead atoms. The van der Waals surface area contributed by atoms with Crippen LogP contribution in [0.2, 0.25) is 5.22 Å². The Morgan fingerprint density at radius 2 is 2.26 bits per heavy atom. The number of hydrogen-bond donors (Lipinski definition) is 2. The first kappa shape index (κ1) is 14.4. The number of nitrogens with one attached hydrogen (secondary N) is 1. The van der Waals surface area contributed by atoms with Gasteiger partial charge >= 0.3 is 0 Å². The fourth-order valence-electron chi connectivity index (χ4n) is 1.88. The lowest BCUT2D eigenvalue weighted by atomic mass is 10.0. The Labute approximate surface area is 125 Å². The lowest BCUT2D eigenvalue weighted by molar-refractivity contribution is 0.412. The van der Waals surface area contributed by atoms with Gasteiger partial charge in [0.15, 0.2) is 5.22 Å². The van der Waals surface area contributed by atoms with Gasteiger partial charge in [-0.05, 0) is 57.7 Å². The monoisotopic (exact) mass is 344 g/mol. The van der Waals surface area contributed by atoms with Crippen molar-refractivity contribution in [3.05, 3.63) is 51.3 Å². The van der Waals surface area contributed by atoms with Gasteiger partial charge in [-0.3, -0.25) is 11.3 Å². The van der Waals surface area contributed by atoms with Gasteiger partial charge in [0.25, 0.3) is 0 Å². The third kappa shape index (κ3) is 3.30. The topological polar surface area (TPSA) is 60.4 Å². The summed E-state index contributed by atoms with van der Waals surface area (Å²) in [6, 6.07) is 7.60. The normalized spacial score (nSPS) is 12.4. The quantitative estimate of drug-likeness (QED) is 0.643. The van der Waals surface area contributed by atoms with Crippen LogP contribution in [0.1, 0.15) is 17.2 Å². The molecule has 0 aliphatic rings. The van der Waals surface area contributed by atoms with Crippen molar-refractivity contribution in [2.45, 2.75) is 12.5 Å². The Balaban J connectivity index is 2.19. The van der Waals surface area contributed by atoms with E-state index < -0.39 is 0 Å². The van der Waals surface area contributed by atoms with E-state index in [1.165, 1.54) is 0 Å². The molecule has 0 radical (unpaired) electrons. The highest BCUT2D eigenvalue weighted by molar-refractivity contribution is 9.10. The van der Waals surface area contributed by atoms with Crippen LogP contribution in [0.5, 0.6) is 5.75 Å². The summed E-state index contributed by atoms with van der Waals surface area (Å²) in [4.78, 5) is 0. The average molecular weight is 346 g/mol. The third-order valence-electron chi connectivity index (χ3n) is 2.88. The summed E-state index contributed by atoms with van der Waals surface area (Å²) in [6.45, 7) is 0. The average Bonchev–Trinajstić information content (AvgIpc) is 2.82. The van der Waals surface area contributed by atoms with Crippen molar-refractivity contribution in [3.63, 3.8) is 0 Å². The molecule has 0 aliphatic carbocycles. The molecule has 19 heavy (non-hydrogen) atoms. The lowest BCUT2D eigenvalue weighted by Crippen LogP contribution is -2.29. The van der Waals surface area contributed by atoms with Gasteiger partial charge in [-0.1, -0.05) is 6.07 Å². The number of halogens is 2. The molecular formula is C13H14BrClN2O2. The van der Waals surface area contributed by atoms with Crippen LogP contribution in [-0.2, 0) is 6.42 Å².